The molecule has 1 aromatic carbocycles. The third kappa shape index (κ3) is 2.82. The molecule has 7 heteroatoms. The van der Waals surface area contributed by atoms with E-state index in [1.54, 1.807) is 18.2 Å². The van der Waals surface area contributed by atoms with Crippen LogP contribution in [0.4, 0.5) is 5.13 Å². The van der Waals surface area contributed by atoms with Crippen molar-refractivity contribution < 1.29 is 8.42 Å². The van der Waals surface area contributed by atoms with E-state index in [4.69, 9.17) is 11.6 Å². The molecule has 1 aliphatic rings. The van der Waals surface area contributed by atoms with Gasteiger partial charge >= 0.3 is 0 Å². The minimum atomic E-state index is -3.69. The van der Waals surface area contributed by atoms with Crippen molar-refractivity contribution in [3.8, 4) is 0 Å². The molecule has 1 heterocycles. The maximum atomic E-state index is 12.3. The van der Waals surface area contributed by atoms with Crippen molar-refractivity contribution in [1.29, 1.82) is 0 Å². The first-order valence-corrected chi connectivity index (χ1v) is 8.94. The Morgan fingerprint density at radius 2 is 2.15 bits per heavy atom. The Labute approximate surface area is 126 Å². The van der Waals surface area contributed by atoms with Crippen LogP contribution in [-0.2, 0) is 10.0 Å². The van der Waals surface area contributed by atoms with Gasteiger partial charge in [0.1, 0.15) is 4.90 Å². The topological polar surface area (TPSA) is 59.1 Å². The zero-order valence-electron chi connectivity index (χ0n) is 10.8. The number of aromatic nitrogens is 1. The number of halogens is 1. The molecule has 0 amide bonds. The van der Waals surface area contributed by atoms with Crippen molar-refractivity contribution in [3.63, 3.8) is 0 Å². The summed E-state index contributed by atoms with van der Waals surface area (Å²) in [4.78, 5) is 4.41. The molecule has 0 unspecified atom stereocenters. The summed E-state index contributed by atoms with van der Waals surface area (Å²) >= 11 is 7.28. The smallest absolute Gasteiger partial charge is 0.255 e. The normalized spacial score (nSPS) is 15.3. The van der Waals surface area contributed by atoms with Crippen LogP contribution in [-0.4, -0.2) is 13.4 Å². The second kappa shape index (κ2) is 5.02. The molecule has 0 atom stereocenters. The zero-order valence-corrected chi connectivity index (χ0v) is 13.1. The third-order valence-corrected chi connectivity index (χ3v) is 5.84. The van der Waals surface area contributed by atoms with Gasteiger partial charge in [-0.3, -0.25) is 4.72 Å². The van der Waals surface area contributed by atoms with Gasteiger partial charge in [0.05, 0.1) is 10.7 Å². The van der Waals surface area contributed by atoms with E-state index in [1.807, 2.05) is 12.3 Å². The molecule has 1 saturated carbocycles. The molecule has 1 fully saturated rings. The Balaban J connectivity index is 1.89. The molecule has 3 rings (SSSR count). The number of sulfonamides is 1. The minimum absolute atomic E-state index is 0.0855. The lowest BCUT2D eigenvalue weighted by Gasteiger charge is -2.07. The highest BCUT2D eigenvalue weighted by Crippen LogP contribution is 2.41. The van der Waals surface area contributed by atoms with E-state index in [0.29, 0.717) is 11.0 Å². The first-order chi connectivity index (χ1) is 9.45. The fourth-order valence-corrected chi connectivity index (χ4v) is 4.52. The molecule has 20 heavy (non-hydrogen) atoms. The first kappa shape index (κ1) is 13.9. The quantitative estimate of drug-likeness (QED) is 0.929. The SMILES string of the molecule is Cc1ccc(Cl)c(S(=O)(=O)Nc2nc(C3CC3)cs2)c1. The van der Waals surface area contributed by atoms with Crippen LogP contribution in [0.15, 0.2) is 28.5 Å². The number of hydrogen-bond acceptors (Lipinski definition) is 4. The molecular formula is C13H13ClN2O2S2. The number of nitrogens with one attached hydrogen (secondary N) is 1. The maximum absolute atomic E-state index is 12.3. The van der Waals surface area contributed by atoms with Crippen LogP contribution in [0.3, 0.4) is 0 Å². The first-order valence-electron chi connectivity index (χ1n) is 6.20. The fourth-order valence-electron chi connectivity index (χ4n) is 1.89. The Morgan fingerprint density at radius 1 is 1.40 bits per heavy atom. The Morgan fingerprint density at radius 3 is 2.85 bits per heavy atom. The van der Waals surface area contributed by atoms with Crippen LogP contribution in [0.5, 0.6) is 0 Å². The van der Waals surface area contributed by atoms with E-state index in [2.05, 4.69) is 9.71 Å². The van der Waals surface area contributed by atoms with Gasteiger partial charge in [-0.1, -0.05) is 17.7 Å². The molecule has 1 aromatic heterocycles. The van der Waals surface area contributed by atoms with Gasteiger partial charge in [0.15, 0.2) is 5.13 Å². The Bertz CT molecular complexity index is 751. The van der Waals surface area contributed by atoms with E-state index >= 15 is 0 Å². The van der Waals surface area contributed by atoms with Crippen molar-refractivity contribution in [2.75, 3.05) is 4.72 Å². The van der Waals surface area contributed by atoms with E-state index in [9.17, 15) is 8.42 Å². The molecule has 4 nitrogen and oxygen atoms in total. The zero-order chi connectivity index (χ0) is 14.3. The summed E-state index contributed by atoms with van der Waals surface area (Å²) < 4.78 is 27.2. The molecule has 1 N–H and O–H groups in total. The maximum Gasteiger partial charge on any atom is 0.265 e. The number of thiazole rings is 1. The lowest BCUT2D eigenvalue weighted by atomic mass is 10.2. The fraction of sp³-hybridized carbons (Fsp3) is 0.308. The van der Waals surface area contributed by atoms with Crippen LogP contribution in [0.2, 0.25) is 5.02 Å². The highest BCUT2D eigenvalue weighted by molar-refractivity contribution is 7.93. The van der Waals surface area contributed by atoms with Crippen molar-refractivity contribution in [2.24, 2.45) is 0 Å². The van der Waals surface area contributed by atoms with Gasteiger partial charge < -0.3 is 0 Å². The van der Waals surface area contributed by atoms with E-state index in [1.165, 1.54) is 11.3 Å². The summed E-state index contributed by atoms with van der Waals surface area (Å²) in [7, 11) is -3.69. The Hall–Kier alpha value is -1.11. The number of aryl methyl sites for hydroxylation is 1. The number of nitrogens with zero attached hydrogens (tertiary/aromatic N) is 1. The number of anilines is 1. The largest absolute Gasteiger partial charge is 0.265 e. The summed E-state index contributed by atoms with van der Waals surface area (Å²) in [5.41, 5.74) is 1.82. The third-order valence-electron chi connectivity index (χ3n) is 3.12. The highest BCUT2D eigenvalue weighted by Gasteiger charge is 2.27. The lowest BCUT2D eigenvalue weighted by Crippen LogP contribution is -2.13. The molecule has 2 aromatic rings. The summed E-state index contributed by atoms with van der Waals surface area (Å²) in [6.07, 6.45) is 2.28. The van der Waals surface area contributed by atoms with Gasteiger partial charge in [0.2, 0.25) is 0 Å². The van der Waals surface area contributed by atoms with Crippen LogP contribution in [0.25, 0.3) is 0 Å². The second-order valence-corrected chi connectivity index (χ2v) is 7.81. The average molecular weight is 329 g/mol. The summed E-state index contributed by atoms with van der Waals surface area (Å²) in [6, 6.07) is 4.92. The molecular weight excluding hydrogens is 316 g/mol. The molecule has 0 aliphatic heterocycles. The van der Waals surface area contributed by atoms with Crippen molar-refractivity contribution >= 4 is 38.1 Å². The second-order valence-electron chi connectivity index (χ2n) is 4.89. The van der Waals surface area contributed by atoms with Crippen molar-refractivity contribution in [2.45, 2.75) is 30.6 Å². The monoisotopic (exact) mass is 328 g/mol. The van der Waals surface area contributed by atoms with E-state index < -0.39 is 10.0 Å². The molecule has 0 saturated heterocycles. The molecule has 1 aliphatic carbocycles. The van der Waals surface area contributed by atoms with Gasteiger partial charge in [-0.05, 0) is 37.5 Å². The van der Waals surface area contributed by atoms with Crippen LogP contribution in [0.1, 0.15) is 30.0 Å². The van der Waals surface area contributed by atoms with Crippen LogP contribution < -0.4 is 4.72 Å². The van der Waals surface area contributed by atoms with Crippen molar-refractivity contribution in [3.05, 3.63) is 39.9 Å². The van der Waals surface area contributed by atoms with Gasteiger partial charge in [-0.25, -0.2) is 13.4 Å². The Kier molecular flexibility index (Phi) is 3.48. The molecule has 0 spiro atoms. The van der Waals surface area contributed by atoms with E-state index in [-0.39, 0.29) is 9.92 Å². The predicted octanol–water partition coefficient (Wildman–Crippen LogP) is 3.78. The van der Waals surface area contributed by atoms with Crippen molar-refractivity contribution in [1.82, 2.24) is 4.98 Å². The number of rotatable bonds is 4. The molecule has 0 bridgehead atoms. The lowest BCUT2D eigenvalue weighted by molar-refractivity contribution is 0.601. The predicted molar refractivity (Wildman–Crippen MR) is 81.1 cm³/mol. The van der Waals surface area contributed by atoms with Crippen LogP contribution >= 0.6 is 22.9 Å². The van der Waals surface area contributed by atoms with Gasteiger partial charge in [0, 0.05) is 11.3 Å². The van der Waals surface area contributed by atoms with Crippen LogP contribution in [0, 0.1) is 6.92 Å². The molecule has 106 valence electrons. The number of benzene rings is 1. The summed E-state index contributed by atoms with van der Waals surface area (Å²) in [5.74, 6) is 0.507. The van der Waals surface area contributed by atoms with Gasteiger partial charge in [-0.15, -0.1) is 11.3 Å². The van der Waals surface area contributed by atoms with Gasteiger partial charge in [0.25, 0.3) is 10.0 Å². The summed E-state index contributed by atoms with van der Waals surface area (Å²) in [6.45, 7) is 1.82. The summed E-state index contributed by atoms with van der Waals surface area (Å²) in [5, 5.41) is 2.51. The van der Waals surface area contributed by atoms with Gasteiger partial charge in [-0.2, -0.15) is 0 Å². The molecule has 0 radical (unpaired) electrons. The minimum Gasteiger partial charge on any atom is -0.255 e. The highest BCUT2D eigenvalue weighted by atomic mass is 35.5. The number of hydrogen-bond donors (Lipinski definition) is 1. The van der Waals surface area contributed by atoms with E-state index in [0.717, 1.165) is 24.1 Å². The average Bonchev–Trinajstić information content (AvgIpc) is 3.13. The standard InChI is InChI=1S/C13H13ClN2O2S2/c1-8-2-5-10(14)12(6-8)20(17,18)16-13-15-11(7-19-13)9-3-4-9/h2,5-7,9H,3-4H2,1H3,(H,15,16).